The summed E-state index contributed by atoms with van der Waals surface area (Å²) in [7, 11) is 3.15. The van der Waals surface area contributed by atoms with Crippen LogP contribution < -0.4 is 14.8 Å². The van der Waals surface area contributed by atoms with Gasteiger partial charge in [0, 0.05) is 23.6 Å². The maximum absolute atomic E-state index is 12.9. The molecule has 0 spiro atoms. The first-order valence-electron chi connectivity index (χ1n) is 8.61. The number of ketones is 1. The SMILES string of the molecule is COc1ccc(C(=O)C(C)(C)NCCSCc2ccccc2)cc1OC.Cl. The number of Topliss-reactive ketones (excluding diaryl/α,β-unsaturated/α-hetero) is 1. The van der Waals surface area contributed by atoms with Crippen molar-refractivity contribution in [2.75, 3.05) is 26.5 Å². The van der Waals surface area contributed by atoms with Crippen molar-refractivity contribution >= 4 is 30.0 Å². The van der Waals surface area contributed by atoms with E-state index in [9.17, 15) is 4.79 Å². The van der Waals surface area contributed by atoms with E-state index in [1.165, 1.54) is 5.56 Å². The third kappa shape index (κ3) is 6.76. The number of halogens is 1. The van der Waals surface area contributed by atoms with E-state index in [2.05, 4.69) is 29.6 Å². The Morgan fingerprint density at radius 3 is 2.33 bits per heavy atom. The number of nitrogens with one attached hydrogen (secondary N) is 1. The van der Waals surface area contributed by atoms with E-state index in [0.29, 0.717) is 17.1 Å². The topological polar surface area (TPSA) is 47.6 Å². The Hall–Kier alpha value is -1.69. The molecule has 0 radical (unpaired) electrons. The lowest BCUT2D eigenvalue weighted by Gasteiger charge is -2.25. The predicted octanol–water partition coefficient (Wildman–Crippen LogP) is 4.61. The molecule has 0 aliphatic rings. The van der Waals surface area contributed by atoms with Crippen LogP contribution in [0, 0.1) is 0 Å². The fourth-order valence-corrected chi connectivity index (χ4v) is 3.44. The molecule has 0 aliphatic heterocycles. The number of hydrogen-bond acceptors (Lipinski definition) is 5. The minimum absolute atomic E-state index is 0. The van der Waals surface area contributed by atoms with Crippen LogP contribution in [0.1, 0.15) is 29.8 Å². The highest BCUT2D eigenvalue weighted by molar-refractivity contribution is 7.98. The van der Waals surface area contributed by atoms with Gasteiger partial charge in [-0.25, -0.2) is 0 Å². The van der Waals surface area contributed by atoms with Crippen LogP contribution in [0.4, 0.5) is 0 Å². The summed E-state index contributed by atoms with van der Waals surface area (Å²) in [5, 5.41) is 3.37. The van der Waals surface area contributed by atoms with Gasteiger partial charge in [-0.05, 0) is 37.6 Å². The predicted molar refractivity (Wildman–Crippen MR) is 116 cm³/mol. The van der Waals surface area contributed by atoms with Crippen molar-refractivity contribution in [2.45, 2.75) is 25.1 Å². The van der Waals surface area contributed by atoms with Gasteiger partial charge >= 0.3 is 0 Å². The van der Waals surface area contributed by atoms with E-state index in [-0.39, 0.29) is 18.2 Å². The Morgan fingerprint density at radius 2 is 1.70 bits per heavy atom. The molecular weight excluding hydrogens is 382 g/mol. The van der Waals surface area contributed by atoms with Gasteiger partial charge in [-0.2, -0.15) is 11.8 Å². The fourth-order valence-electron chi connectivity index (χ4n) is 2.62. The summed E-state index contributed by atoms with van der Waals surface area (Å²) in [6.45, 7) is 4.59. The molecule has 2 rings (SSSR count). The van der Waals surface area contributed by atoms with Gasteiger partial charge in [0.15, 0.2) is 17.3 Å². The molecule has 4 nitrogen and oxygen atoms in total. The average molecular weight is 410 g/mol. The van der Waals surface area contributed by atoms with Gasteiger partial charge in [-0.1, -0.05) is 30.3 Å². The van der Waals surface area contributed by atoms with Crippen molar-refractivity contribution < 1.29 is 14.3 Å². The molecule has 27 heavy (non-hydrogen) atoms. The summed E-state index contributed by atoms with van der Waals surface area (Å²) >= 11 is 1.86. The molecule has 0 atom stereocenters. The Balaban J connectivity index is 0.00000364. The second-order valence-electron chi connectivity index (χ2n) is 6.49. The zero-order valence-electron chi connectivity index (χ0n) is 16.3. The summed E-state index contributed by atoms with van der Waals surface area (Å²) < 4.78 is 10.5. The number of carbonyl (C=O) groups is 1. The molecule has 0 amide bonds. The minimum Gasteiger partial charge on any atom is -0.493 e. The monoisotopic (exact) mass is 409 g/mol. The van der Waals surface area contributed by atoms with E-state index < -0.39 is 5.54 Å². The number of thioether (sulfide) groups is 1. The van der Waals surface area contributed by atoms with Crippen molar-refractivity contribution in [3.05, 3.63) is 59.7 Å². The number of rotatable bonds is 10. The summed E-state index contributed by atoms with van der Waals surface area (Å²) in [4.78, 5) is 12.9. The van der Waals surface area contributed by atoms with Crippen molar-refractivity contribution in [3.8, 4) is 11.5 Å². The maximum Gasteiger partial charge on any atom is 0.182 e. The van der Waals surface area contributed by atoms with Crippen LogP contribution >= 0.6 is 24.2 Å². The van der Waals surface area contributed by atoms with Crippen LogP contribution in [0.5, 0.6) is 11.5 Å². The minimum atomic E-state index is -0.646. The molecule has 0 aromatic heterocycles. The highest BCUT2D eigenvalue weighted by Gasteiger charge is 2.28. The summed E-state index contributed by atoms with van der Waals surface area (Å²) in [6, 6.07) is 15.7. The highest BCUT2D eigenvalue weighted by atomic mass is 35.5. The molecule has 0 bridgehead atoms. The van der Waals surface area contributed by atoms with E-state index in [0.717, 1.165) is 18.1 Å². The number of hydrogen-bond donors (Lipinski definition) is 1. The smallest absolute Gasteiger partial charge is 0.182 e. The Bertz CT molecular complexity index is 723. The molecule has 6 heteroatoms. The van der Waals surface area contributed by atoms with Gasteiger partial charge in [0.05, 0.1) is 19.8 Å². The van der Waals surface area contributed by atoms with Gasteiger partial charge in [-0.3, -0.25) is 4.79 Å². The molecule has 0 heterocycles. The average Bonchev–Trinajstić information content (AvgIpc) is 2.67. The third-order valence-corrected chi connectivity index (χ3v) is 5.17. The summed E-state index contributed by atoms with van der Waals surface area (Å²) in [5.74, 6) is 3.13. The number of ether oxygens (including phenoxy) is 2. The van der Waals surface area contributed by atoms with Gasteiger partial charge in [0.1, 0.15) is 0 Å². The van der Waals surface area contributed by atoms with Gasteiger partial charge in [-0.15, -0.1) is 12.4 Å². The van der Waals surface area contributed by atoms with Crippen LogP contribution in [-0.4, -0.2) is 37.8 Å². The molecule has 0 fully saturated rings. The fraction of sp³-hybridized carbons (Fsp3) is 0.381. The normalized spacial score (nSPS) is 10.8. The molecule has 2 aromatic carbocycles. The number of carbonyl (C=O) groups excluding carboxylic acids is 1. The molecule has 148 valence electrons. The van der Waals surface area contributed by atoms with Crippen molar-refractivity contribution in [2.24, 2.45) is 0 Å². The van der Waals surface area contributed by atoms with Crippen molar-refractivity contribution in [1.82, 2.24) is 5.32 Å². The Labute approximate surface area is 172 Å². The van der Waals surface area contributed by atoms with Gasteiger partial charge in [0.25, 0.3) is 0 Å². The van der Waals surface area contributed by atoms with E-state index in [1.807, 2.05) is 31.7 Å². The quantitative estimate of drug-likeness (QED) is 0.458. The first-order chi connectivity index (χ1) is 12.5. The van der Waals surface area contributed by atoms with Gasteiger partial charge in [0.2, 0.25) is 0 Å². The van der Waals surface area contributed by atoms with Crippen LogP contribution in [0.15, 0.2) is 48.5 Å². The number of methoxy groups -OCH3 is 2. The maximum atomic E-state index is 12.9. The zero-order chi connectivity index (χ0) is 19.0. The van der Waals surface area contributed by atoms with Crippen LogP contribution in [0.3, 0.4) is 0 Å². The zero-order valence-corrected chi connectivity index (χ0v) is 17.9. The van der Waals surface area contributed by atoms with Crippen molar-refractivity contribution in [3.63, 3.8) is 0 Å². The van der Waals surface area contributed by atoms with E-state index in [4.69, 9.17) is 9.47 Å². The third-order valence-electron chi connectivity index (χ3n) is 4.14. The Morgan fingerprint density at radius 1 is 1.04 bits per heavy atom. The largest absolute Gasteiger partial charge is 0.493 e. The van der Waals surface area contributed by atoms with Crippen LogP contribution in [0.2, 0.25) is 0 Å². The Kier molecular flexibility index (Phi) is 9.70. The van der Waals surface area contributed by atoms with Crippen LogP contribution in [0.25, 0.3) is 0 Å². The highest BCUT2D eigenvalue weighted by Crippen LogP contribution is 2.29. The molecule has 0 saturated heterocycles. The second kappa shape index (κ2) is 11.2. The number of benzene rings is 2. The molecular formula is C21H28ClNO3S. The molecule has 1 N–H and O–H groups in total. The summed E-state index contributed by atoms with van der Waals surface area (Å²) in [5.41, 5.74) is 1.28. The van der Waals surface area contributed by atoms with Gasteiger partial charge < -0.3 is 14.8 Å². The molecule has 0 saturated carbocycles. The molecule has 0 unspecified atom stereocenters. The van der Waals surface area contributed by atoms with Crippen LogP contribution in [-0.2, 0) is 5.75 Å². The lowest BCUT2D eigenvalue weighted by molar-refractivity contribution is 0.0884. The van der Waals surface area contributed by atoms with E-state index >= 15 is 0 Å². The first kappa shape index (κ1) is 23.3. The lowest BCUT2D eigenvalue weighted by atomic mass is 9.93. The molecule has 2 aromatic rings. The second-order valence-corrected chi connectivity index (χ2v) is 7.59. The first-order valence-corrected chi connectivity index (χ1v) is 9.77. The summed E-state index contributed by atoms with van der Waals surface area (Å²) in [6.07, 6.45) is 0. The lowest BCUT2D eigenvalue weighted by Crippen LogP contribution is -2.47. The standard InChI is InChI=1S/C21H27NO3S.ClH/c1-21(2,22-12-13-26-15-16-8-6-5-7-9-16)20(23)17-10-11-18(24-3)19(14-17)25-4;/h5-11,14,22H,12-13,15H2,1-4H3;1H. The van der Waals surface area contributed by atoms with E-state index in [1.54, 1.807) is 32.4 Å². The molecule has 0 aliphatic carbocycles. The van der Waals surface area contributed by atoms with Crippen molar-refractivity contribution in [1.29, 1.82) is 0 Å².